The lowest BCUT2D eigenvalue weighted by molar-refractivity contribution is 0.386. The van der Waals surface area contributed by atoms with E-state index in [0.29, 0.717) is 12.2 Å². The summed E-state index contributed by atoms with van der Waals surface area (Å²) in [5.74, 6) is 0.565. The zero-order valence-electron chi connectivity index (χ0n) is 10.3. The van der Waals surface area contributed by atoms with Crippen LogP contribution in [0.4, 0.5) is 10.1 Å². The van der Waals surface area contributed by atoms with E-state index in [9.17, 15) is 4.39 Å². The Labute approximate surface area is 105 Å². The van der Waals surface area contributed by atoms with Crippen LogP contribution >= 0.6 is 0 Å². The van der Waals surface area contributed by atoms with Gasteiger partial charge in [0, 0.05) is 18.0 Å². The number of ether oxygens (including phenoxy) is 1. The number of hydrogen-bond acceptors (Lipinski definition) is 4. The minimum absolute atomic E-state index is 0.235. The Kier molecular flexibility index (Phi) is 3.72. The number of halogens is 1. The molecule has 0 saturated heterocycles. The molecule has 0 amide bonds. The summed E-state index contributed by atoms with van der Waals surface area (Å²) in [4.78, 5) is 8.27. The summed E-state index contributed by atoms with van der Waals surface area (Å²) in [6.45, 7) is 2.35. The first kappa shape index (κ1) is 12.3. The van der Waals surface area contributed by atoms with Crippen LogP contribution in [0.1, 0.15) is 11.5 Å². The van der Waals surface area contributed by atoms with Gasteiger partial charge in [0.2, 0.25) is 0 Å². The Bertz CT molecular complexity index is 546. The number of nitrogens with one attached hydrogen (secondary N) is 1. The summed E-state index contributed by atoms with van der Waals surface area (Å²) in [5.41, 5.74) is 1.54. The van der Waals surface area contributed by atoms with Gasteiger partial charge in [0.05, 0.1) is 19.3 Å². The van der Waals surface area contributed by atoms with E-state index in [0.717, 1.165) is 11.5 Å². The van der Waals surface area contributed by atoms with Crippen molar-refractivity contribution >= 4 is 5.69 Å². The summed E-state index contributed by atoms with van der Waals surface area (Å²) in [7, 11) is 1.44. The van der Waals surface area contributed by atoms with E-state index in [-0.39, 0.29) is 11.6 Å². The van der Waals surface area contributed by atoms with Gasteiger partial charge in [0.15, 0.2) is 11.6 Å². The molecule has 1 heterocycles. The van der Waals surface area contributed by atoms with Crippen molar-refractivity contribution in [2.45, 2.75) is 13.5 Å². The molecule has 2 rings (SSSR count). The van der Waals surface area contributed by atoms with Crippen molar-refractivity contribution in [3.05, 3.63) is 47.8 Å². The molecule has 5 heteroatoms. The van der Waals surface area contributed by atoms with E-state index in [2.05, 4.69) is 15.3 Å². The molecule has 0 fully saturated rings. The van der Waals surface area contributed by atoms with Gasteiger partial charge < -0.3 is 10.1 Å². The second kappa shape index (κ2) is 5.44. The SMILES string of the molecule is COc1ccc(NCc2ccnc(C)n2)cc1F. The minimum Gasteiger partial charge on any atom is -0.494 e. The van der Waals surface area contributed by atoms with Crippen LogP contribution in [0.15, 0.2) is 30.5 Å². The quantitative estimate of drug-likeness (QED) is 0.902. The van der Waals surface area contributed by atoms with Gasteiger partial charge in [-0.05, 0) is 25.1 Å². The molecule has 0 spiro atoms. The maximum absolute atomic E-state index is 13.4. The van der Waals surface area contributed by atoms with Crippen LogP contribution in [0, 0.1) is 12.7 Å². The number of rotatable bonds is 4. The maximum Gasteiger partial charge on any atom is 0.167 e. The second-order valence-electron chi connectivity index (χ2n) is 3.80. The van der Waals surface area contributed by atoms with Gasteiger partial charge in [-0.2, -0.15) is 0 Å². The average Bonchev–Trinajstić information content (AvgIpc) is 2.37. The van der Waals surface area contributed by atoms with Crippen LogP contribution in [-0.4, -0.2) is 17.1 Å². The first-order chi connectivity index (χ1) is 8.69. The Balaban J connectivity index is 2.04. The van der Waals surface area contributed by atoms with Crippen molar-refractivity contribution in [3.8, 4) is 5.75 Å². The van der Waals surface area contributed by atoms with Crippen molar-refractivity contribution in [2.75, 3.05) is 12.4 Å². The molecule has 0 saturated carbocycles. The Morgan fingerprint density at radius 2 is 2.17 bits per heavy atom. The zero-order chi connectivity index (χ0) is 13.0. The van der Waals surface area contributed by atoms with E-state index in [1.54, 1.807) is 18.3 Å². The summed E-state index contributed by atoms with van der Waals surface area (Å²) < 4.78 is 18.3. The molecule has 0 aliphatic carbocycles. The van der Waals surface area contributed by atoms with Gasteiger partial charge in [-0.15, -0.1) is 0 Å². The molecular weight excluding hydrogens is 233 g/mol. The standard InChI is InChI=1S/C13H14FN3O/c1-9-15-6-5-11(17-9)8-16-10-3-4-13(18-2)12(14)7-10/h3-7,16H,8H2,1-2H3. The van der Waals surface area contributed by atoms with Crippen molar-refractivity contribution < 1.29 is 9.13 Å². The zero-order valence-corrected chi connectivity index (χ0v) is 10.3. The van der Waals surface area contributed by atoms with Crippen molar-refractivity contribution in [1.82, 2.24) is 9.97 Å². The fourth-order valence-corrected chi connectivity index (χ4v) is 1.57. The summed E-state index contributed by atoms with van der Waals surface area (Å²) in [6, 6.07) is 6.56. The Morgan fingerprint density at radius 3 is 2.83 bits per heavy atom. The normalized spacial score (nSPS) is 10.2. The highest BCUT2D eigenvalue weighted by molar-refractivity contribution is 5.47. The minimum atomic E-state index is -0.388. The topological polar surface area (TPSA) is 47.0 Å². The largest absolute Gasteiger partial charge is 0.494 e. The summed E-state index contributed by atoms with van der Waals surface area (Å²) >= 11 is 0. The highest BCUT2D eigenvalue weighted by Gasteiger charge is 2.03. The van der Waals surface area contributed by atoms with Crippen LogP contribution in [0.5, 0.6) is 5.75 Å². The van der Waals surface area contributed by atoms with E-state index in [1.165, 1.54) is 13.2 Å². The van der Waals surface area contributed by atoms with Crippen LogP contribution in [0.3, 0.4) is 0 Å². The predicted octanol–water partition coefficient (Wildman–Crippen LogP) is 2.54. The van der Waals surface area contributed by atoms with Crippen LogP contribution in [0.25, 0.3) is 0 Å². The summed E-state index contributed by atoms with van der Waals surface area (Å²) in [6.07, 6.45) is 1.70. The van der Waals surface area contributed by atoms with Crippen molar-refractivity contribution in [1.29, 1.82) is 0 Å². The number of anilines is 1. The molecule has 18 heavy (non-hydrogen) atoms. The molecule has 0 aliphatic heterocycles. The third-order valence-electron chi connectivity index (χ3n) is 2.46. The molecule has 0 unspecified atom stereocenters. The number of aryl methyl sites for hydroxylation is 1. The van der Waals surface area contributed by atoms with Crippen LogP contribution in [0.2, 0.25) is 0 Å². The van der Waals surface area contributed by atoms with Crippen LogP contribution in [-0.2, 0) is 6.54 Å². The van der Waals surface area contributed by atoms with E-state index in [4.69, 9.17) is 4.74 Å². The van der Waals surface area contributed by atoms with E-state index in [1.807, 2.05) is 13.0 Å². The Hall–Kier alpha value is -2.17. The van der Waals surface area contributed by atoms with Gasteiger partial charge in [0.25, 0.3) is 0 Å². The molecule has 0 radical (unpaired) electrons. The van der Waals surface area contributed by atoms with Gasteiger partial charge >= 0.3 is 0 Å². The highest BCUT2D eigenvalue weighted by Crippen LogP contribution is 2.20. The van der Waals surface area contributed by atoms with E-state index < -0.39 is 0 Å². The van der Waals surface area contributed by atoms with Gasteiger partial charge in [-0.3, -0.25) is 0 Å². The summed E-state index contributed by atoms with van der Waals surface area (Å²) in [5, 5.41) is 3.09. The highest BCUT2D eigenvalue weighted by atomic mass is 19.1. The maximum atomic E-state index is 13.4. The van der Waals surface area contributed by atoms with Gasteiger partial charge in [-0.25, -0.2) is 14.4 Å². The smallest absolute Gasteiger partial charge is 0.167 e. The third kappa shape index (κ3) is 2.94. The lowest BCUT2D eigenvalue weighted by atomic mass is 10.2. The van der Waals surface area contributed by atoms with Gasteiger partial charge in [-0.1, -0.05) is 0 Å². The molecule has 2 aromatic rings. The molecular formula is C13H14FN3O. The molecule has 4 nitrogen and oxygen atoms in total. The molecule has 0 bridgehead atoms. The first-order valence-electron chi connectivity index (χ1n) is 5.55. The second-order valence-corrected chi connectivity index (χ2v) is 3.80. The average molecular weight is 247 g/mol. The van der Waals surface area contributed by atoms with E-state index >= 15 is 0 Å². The van der Waals surface area contributed by atoms with Crippen LogP contribution < -0.4 is 10.1 Å². The number of hydrogen-bond donors (Lipinski definition) is 1. The monoisotopic (exact) mass is 247 g/mol. The predicted molar refractivity (Wildman–Crippen MR) is 67.0 cm³/mol. The molecule has 1 aromatic heterocycles. The number of benzene rings is 1. The van der Waals surface area contributed by atoms with Crippen molar-refractivity contribution in [3.63, 3.8) is 0 Å². The first-order valence-corrected chi connectivity index (χ1v) is 5.55. The molecule has 1 aromatic carbocycles. The third-order valence-corrected chi connectivity index (χ3v) is 2.46. The molecule has 1 N–H and O–H groups in total. The number of nitrogens with zero attached hydrogens (tertiary/aromatic N) is 2. The lowest BCUT2D eigenvalue weighted by Crippen LogP contribution is -2.03. The molecule has 94 valence electrons. The Morgan fingerprint density at radius 1 is 1.33 bits per heavy atom. The molecule has 0 atom stereocenters. The van der Waals surface area contributed by atoms with Crippen molar-refractivity contribution in [2.24, 2.45) is 0 Å². The number of methoxy groups -OCH3 is 1. The fourth-order valence-electron chi connectivity index (χ4n) is 1.57. The fraction of sp³-hybridized carbons (Fsp3) is 0.231. The van der Waals surface area contributed by atoms with Gasteiger partial charge in [0.1, 0.15) is 5.82 Å². The number of aromatic nitrogens is 2. The lowest BCUT2D eigenvalue weighted by Gasteiger charge is -2.08. The molecule has 0 aliphatic rings.